The van der Waals surface area contributed by atoms with Crippen molar-refractivity contribution in [1.82, 2.24) is 5.43 Å². The highest BCUT2D eigenvalue weighted by Crippen LogP contribution is 2.20. The Bertz CT molecular complexity index is 435. The molecule has 98 valence electrons. The highest BCUT2D eigenvalue weighted by atomic mass is 32.1. The van der Waals surface area contributed by atoms with Crippen LogP contribution in [0.4, 0.5) is 0 Å². The third-order valence-corrected chi connectivity index (χ3v) is 2.50. The number of hydrogen-bond acceptors (Lipinski definition) is 3. The van der Waals surface area contributed by atoms with Crippen LogP contribution < -0.4 is 15.9 Å². The van der Waals surface area contributed by atoms with Gasteiger partial charge in [0, 0.05) is 5.56 Å². The predicted molar refractivity (Wildman–Crippen MR) is 79.2 cm³/mol. The van der Waals surface area contributed by atoms with Crippen LogP contribution in [0.2, 0.25) is 0 Å². The molecule has 4 nitrogen and oxygen atoms in total. The number of nitrogens with zero attached hydrogens (tertiary/aromatic N) is 1. The van der Waals surface area contributed by atoms with Gasteiger partial charge in [0.25, 0.3) is 0 Å². The molecule has 1 rings (SSSR count). The molecule has 0 aromatic heterocycles. The van der Waals surface area contributed by atoms with Crippen molar-refractivity contribution < 1.29 is 4.74 Å². The Balaban J connectivity index is 2.87. The smallest absolute Gasteiger partial charge is 0.184 e. The molecule has 0 aliphatic heterocycles. The van der Waals surface area contributed by atoms with Crippen molar-refractivity contribution in [2.45, 2.75) is 27.2 Å². The maximum absolute atomic E-state index is 5.61. The molecule has 0 atom stereocenters. The molecule has 1 aromatic rings. The number of hydrogen-bond donors (Lipinski definition) is 2. The van der Waals surface area contributed by atoms with E-state index in [1.165, 1.54) is 0 Å². The predicted octanol–water partition coefficient (Wildman–Crippen LogP) is 2.26. The molecule has 0 unspecified atom stereocenters. The summed E-state index contributed by atoms with van der Waals surface area (Å²) in [5, 5.41) is 4.13. The van der Waals surface area contributed by atoms with Crippen molar-refractivity contribution in [2.75, 3.05) is 6.61 Å². The molecule has 0 heterocycles. The lowest BCUT2D eigenvalue weighted by atomic mass is 10.0. The average Bonchev–Trinajstić information content (AvgIpc) is 2.29. The fourth-order valence-electron chi connectivity index (χ4n) is 1.60. The molecule has 0 spiro atoms. The third-order valence-electron chi connectivity index (χ3n) is 2.41. The van der Waals surface area contributed by atoms with E-state index < -0.39 is 0 Å². The highest BCUT2D eigenvalue weighted by molar-refractivity contribution is 7.80. The summed E-state index contributed by atoms with van der Waals surface area (Å²) in [6, 6.07) is 4.01. The quantitative estimate of drug-likeness (QED) is 0.487. The van der Waals surface area contributed by atoms with Gasteiger partial charge in [-0.15, -0.1) is 0 Å². The fourth-order valence-corrected chi connectivity index (χ4v) is 1.65. The van der Waals surface area contributed by atoms with Crippen molar-refractivity contribution in [2.24, 2.45) is 10.8 Å². The van der Waals surface area contributed by atoms with Crippen LogP contribution in [0, 0.1) is 13.8 Å². The average molecular weight is 265 g/mol. The van der Waals surface area contributed by atoms with Crippen molar-refractivity contribution in [3.05, 3.63) is 28.8 Å². The highest BCUT2D eigenvalue weighted by Gasteiger charge is 2.04. The topological polar surface area (TPSA) is 59.6 Å². The Morgan fingerprint density at radius 3 is 2.56 bits per heavy atom. The van der Waals surface area contributed by atoms with Crippen LogP contribution in [-0.4, -0.2) is 17.9 Å². The first-order chi connectivity index (χ1) is 8.54. The third kappa shape index (κ3) is 4.33. The largest absolute Gasteiger partial charge is 0.494 e. The van der Waals surface area contributed by atoms with Crippen LogP contribution >= 0.6 is 12.2 Å². The number of nitrogens with one attached hydrogen (secondary N) is 1. The monoisotopic (exact) mass is 265 g/mol. The SMILES string of the molecule is CCCOc1cc(C)c(C=NNC(N)=S)c(C)c1. The van der Waals surface area contributed by atoms with E-state index in [1.54, 1.807) is 6.21 Å². The van der Waals surface area contributed by atoms with Gasteiger partial charge < -0.3 is 10.5 Å². The minimum Gasteiger partial charge on any atom is -0.494 e. The van der Waals surface area contributed by atoms with E-state index in [1.807, 2.05) is 26.0 Å². The minimum atomic E-state index is 0.157. The zero-order chi connectivity index (χ0) is 13.5. The maximum Gasteiger partial charge on any atom is 0.184 e. The molecule has 5 heteroatoms. The zero-order valence-corrected chi connectivity index (χ0v) is 11.8. The van der Waals surface area contributed by atoms with Gasteiger partial charge in [-0.05, 0) is 55.7 Å². The number of rotatable bonds is 5. The summed E-state index contributed by atoms with van der Waals surface area (Å²) >= 11 is 4.68. The molecule has 3 N–H and O–H groups in total. The summed E-state index contributed by atoms with van der Waals surface area (Å²) < 4.78 is 5.61. The Morgan fingerprint density at radius 2 is 2.06 bits per heavy atom. The van der Waals surface area contributed by atoms with Crippen molar-refractivity contribution >= 4 is 23.5 Å². The number of ether oxygens (including phenoxy) is 1. The summed E-state index contributed by atoms with van der Waals surface area (Å²) in [6.45, 7) is 6.86. The van der Waals surface area contributed by atoms with Crippen molar-refractivity contribution in [3.63, 3.8) is 0 Å². The lowest BCUT2D eigenvalue weighted by Crippen LogP contribution is -2.24. The molecule has 0 bridgehead atoms. The molecule has 0 aliphatic carbocycles. The van der Waals surface area contributed by atoms with E-state index in [9.17, 15) is 0 Å². The van der Waals surface area contributed by atoms with Gasteiger partial charge in [-0.25, -0.2) is 0 Å². The lowest BCUT2D eigenvalue weighted by molar-refractivity contribution is 0.317. The summed E-state index contributed by atoms with van der Waals surface area (Å²) in [6.07, 6.45) is 2.71. The van der Waals surface area contributed by atoms with Crippen molar-refractivity contribution in [3.8, 4) is 5.75 Å². The number of thiocarbonyl (C=S) groups is 1. The lowest BCUT2D eigenvalue weighted by Gasteiger charge is -2.10. The first-order valence-corrected chi connectivity index (χ1v) is 6.28. The second-order valence-electron chi connectivity index (χ2n) is 4.05. The van der Waals surface area contributed by atoms with E-state index in [0.29, 0.717) is 0 Å². The summed E-state index contributed by atoms with van der Waals surface area (Å²) in [5.41, 5.74) is 11.1. The molecular formula is C13H19N3OS. The van der Waals surface area contributed by atoms with Gasteiger partial charge in [0.15, 0.2) is 5.11 Å². The van der Waals surface area contributed by atoms with Crippen LogP contribution in [0.3, 0.4) is 0 Å². The van der Waals surface area contributed by atoms with Crippen molar-refractivity contribution in [1.29, 1.82) is 0 Å². The molecule has 0 radical (unpaired) electrons. The Hall–Kier alpha value is -1.62. The van der Waals surface area contributed by atoms with Crippen LogP contribution in [0.15, 0.2) is 17.2 Å². The number of nitrogens with two attached hydrogens (primary N) is 1. The number of benzene rings is 1. The summed E-state index contributed by atoms with van der Waals surface area (Å²) in [7, 11) is 0. The second-order valence-corrected chi connectivity index (χ2v) is 4.49. The molecule has 0 amide bonds. The van der Waals surface area contributed by atoms with Gasteiger partial charge in [0.05, 0.1) is 12.8 Å². The Labute approximate surface area is 113 Å². The second kappa shape index (κ2) is 6.96. The maximum atomic E-state index is 5.61. The molecule has 0 fully saturated rings. The van der Waals surface area contributed by atoms with Crippen LogP contribution in [0.1, 0.15) is 30.0 Å². The molecule has 1 aromatic carbocycles. The first kappa shape index (κ1) is 14.4. The molecular weight excluding hydrogens is 246 g/mol. The molecule has 0 saturated heterocycles. The van der Waals surface area contributed by atoms with Gasteiger partial charge in [0.1, 0.15) is 5.75 Å². The molecule has 0 saturated carbocycles. The van der Waals surface area contributed by atoms with E-state index in [0.717, 1.165) is 35.5 Å². The van der Waals surface area contributed by atoms with Crippen LogP contribution in [0.25, 0.3) is 0 Å². The minimum absolute atomic E-state index is 0.157. The van der Waals surface area contributed by atoms with Gasteiger partial charge in [-0.3, -0.25) is 5.43 Å². The normalized spacial score (nSPS) is 10.6. The summed E-state index contributed by atoms with van der Waals surface area (Å²) in [5.74, 6) is 0.895. The van der Waals surface area contributed by atoms with E-state index in [-0.39, 0.29) is 5.11 Å². The van der Waals surface area contributed by atoms with Gasteiger partial charge in [-0.2, -0.15) is 5.10 Å². The van der Waals surface area contributed by atoms with E-state index >= 15 is 0 Å². The van der Waals surface area contributed by atoms with E-state index in [4.69, 9.17) is 10.5 Å². The Kier molecular flexibility index (Phi) is 5.58. The zero-order valence-electron chi connectivity index (χ0n) is 11.0. The van der Waals surface area contributed by atoms with Crippen LogP contribution in [0.5, 0.6) is 5.75 Å². The Morgan fingerprint density at radius 1 is 1.44 bits per heavy atom. The van der Waals surface area contributed by atoms with Gasteiger partial charge >= 0.3 is 0 Å². The molecule has 18 heavy (non-hydrogen) atoms. The standard InChI is InChI=1S/C13H19N3OS/c1-4-5-17-11-6-9(2)12(10(3)7-11)8-15-16-13(14)18/h6-8H,4-5H2,1-3H3,(H3,14,16,18). The number of aryl methyl sites for hydroxylation is 2. The first-order valence-electron chi connectivity index (χ1n) is 5.87. The summed E-state index contributed by atoms with van der Waals surface area (Å²) in [4.78, 5) is 0. The van der Waals surface area contributed by atoms with Gasteiger partial charge in [-0.1, -0.05) is 6.92 Å². The number of hydrazone groups is 1. The fraction of sp³-hybridized carbons (Fsp3) is 0.385. The van der Waals surface area contributed by atoms with E-state index in [2.05, 4.69) is 29.7 Å². The van der Waals surface area contributed by atoms with Gasteiger partial charge in [0.2, 0.25) is 0 Å². The molecule has 0 aliphatic rings. The van der Waals surface area contributed by atoms with Crippen LogP contribution in [-0.2, 0) is 0 Å².